The van der Waals surface area contributed by atoms with Crippen molar-refractivity contribution in [3.63, 3.8) is 0 Å². The summed E-state index contributed by atoms with van der Waals surface area (Å²) in [5.74, 6) is 0. The molecule has 0 aliphatic carbocycles. The largest absolute Gasteiger partial charge is 0.489 e. The van der Waals surface area contributed by atoms with E-state index in [2.05, 4.69) is 0 Å². The SMILES string of the molecule is OB(O)c1csc2cc(C(F)(F)F)ccc12. The van der Waals surface area contributed by atoms with Gasteiger partial charge in [-0.05, 0) is 22.9 Å². The lowest BCUT2D eigenvalue weighted by atomic mass is 9.80. The van der Waals surface area contributed by atoms with Gasteiger partial charge in [0.05, 0.1) is 5.56 Å². The summed E-state index contributed by atoms with van der Waals surface area (Å²) in [5, 5.41) is 19.8. The Balaban J connectivity index is 2.58. The van der Waals surface area contributed by atoms with E-state index in [1.165, 1.54) is 11.4 Å². The van der Waals surface area contributed by atoms with Gasteiger partial charge in [0, 0.05) is 10.2 Å². The molecule has 2 rings (SSSR count). The van der Waals surface area contributed by atoms with Crippen molar-refractivity contribution in [3.8, 4) is 0 Å². The van der Waals surface area contributed by atoms with Crippen LogP contribution in [0, 0.1) is 0 Å². The minimum absolute atomic E-state index is 0.230. The van der Waals surface area contributed by atoms with Crippen molar-refractivity contribution in [2.24, 2.45) is 0 Å². The number of thiophene rings is 1. The highest BCUT2D eigenvalue weighted by Crippen LogP contribution is 2.32. The molecular weight excluding hydrogens is 240 g/mol. The average Bonchev–Trinajstić information content (AvgIpc) is 2.58. The molecule has 0 aliphatic rings. The van der Waals surface area contributed by atoms with E-state index in [4.69, 9.17) is 10.0 Å². The molecule has 0 aliphatic heterocycles. The van der Waals surface area contributed by atoms with Crippen molar-refractivity contribution in [1.82, 2.24) is 0 Å². The van der Waals surface area contributed by atoms with Crippen molar-refractivity contribution in [3.05, 3.63) is 29.1 Å². The van der Waals surface area contributed by atoms with E-state index in [1.54, 1.807) is 0 Å². The van der Waals surface area contributed by atoms with E-state index >= 15 is 0 Å². The normalized spacial score (nSPS) is 12.1. The lowest BCUT2D eigenvalue weighted by Gasteiger charge is -2.06. The molecule has 2 nitrogen and oxygen atoms in total. The van der Waals surface area contributed by atoms with Gasteiger partial charge in [0.25, 0.3) is 0 Å². The average molecular weight is 246 g/mol. The summed E-state index contributed by atoms with van der Waals surface area (Å²) in [4.78, 5) is 0. The van der Waals surface area contributed by atoms with Gasteiger partial charge in [-0.3, -0.25) is 0 Å². The number of benzene rings is 1. The van der Waals surface area contributed by atoms with Gasteiger partial charge in [0.15, 0.2) is 0 Å². The third-order valence-corrected chi connectivity index (χ3v) is 3.17. The van der Waals surface area contributed by atoms with E-state index in [0.717, 1.165) is 23.5 Å². The lowest BCUT2D eigenvalue weighted by molar-refractivity contribution is -0.137. The van der Waals surface area contributed by atoms with Crippen molar-refractivity contribution in [1.29, 1.82) is 0 Å². The van der Waals surface area contributed by atoms with Crippen LogP contribution in [0.3, 0.4) is 0 Å². The van der Waals surface area contributed by atoms with Crippen LogP contribution in [0.2, 0.25) is 0 Å². The van der Waals surface area contributed by atoms with Gasteiger partial charge in [0.1, 0.15) is 0 Å². The summed E-state index contributed by atoms with van der Waals surface area (Å²) in [5.41, 5.74) is -0.505. The first kappa shape index (κ1) is 11.4. The molecule has 0 spiro atoms. The van der Waals surface area contributed by atoms with Gasteiger partial charge in [-0.1, -0.05) is 6.07 Å². The minimum atomic E-state index is -4.38. The maximum atomic E-state index is 12.4. The molecule has 1 aromatic carbocycles. The topological polar surface area (TPSA) is 40.5 Å². The van der Waals surface area contributed by atoms with E-state index in [9.17, 15) is 13.2 Å². The highest BCUT2D eigenvalue weighted by atomic mass is 32.1. The van der Waals surface area contributed by atoms with Gasteiger partial charge < -0.3 is 10.0 Å². The quantitative estimate of drug-likeness (QED) is 0.750. The summed E-state index contributed by atoms with van der Waals surface area (Å²) in [7, 11) is -1.66. The Morgan fingerprint density at radius 3 is 2.44 bits per heavy atom. The van der Waals surface area contributed by atoms with E-state index in [0.29, 0.717) is 10.1 Å². The molecule has 0 fully saturated rings. The molecule has 16 heavy (non-hydrogen) atoms. The van der Waals surface area contributed by atoms with Crippen LogP contribution in [0.5, 0.6) is 0 Å². The predicted molar refractivity (Wildman–Crippen MR) is 56.7 cm³/mol. The summed E-state index contributed by atoms with van der Waals surface area (Å²) in [6.45, 7) is 0. The fourth-order valence-electron chi connectivity index (χ4n) is 1.43. The number of hydrogen-bond donors (Lipinski definition) is 2. The zero-order valence-corrected chi connectivity index (χ0v) is 8.64. The Morgan fingerprint density at radius 2 is 1.88 bits per heavy atom. The fraction of sp³-hybridized carbons (Fsp3) is 0.111. The first-order valence-corrected chi connectivity index (χ1v) is 5.22. The maximum Gasteiger partial charge on any atom is 0.489 e. The zero-order chi connectivity index (χ0) is 11.9. The smallest absolute Gasteiger partial charge is 0.423 e. The van der Waals surface area contributed by atoms with Gasteiger partial charge >= 0.3 is 13.3 Å². The highest BCUT2D eigenvalue weighted by molar-refractivity contribution is 7.18. The molecule has 0 amide bonds. The van der Waals surface area contributed by atoms with E-state index < -0.39 is 18.9 Å². The van der Waals surface area contributed by atoms with Crippen LogP contribution >= 0.6 is 11.3 Å². The maximum absolute atomic E-state index is 12.4. The van der Waals surface area contributed by atoms with E-state index in [1.807, 2.05) is 0 Å². The molecule has 0 saturated heterocycles. The van der Waals surface area contributed by atoms with Crippen LogP contribution < -0.4 is 5.46 Å². The Kier molecular flexibility index (Phi) is 2.69. The monoisotopic (exact) mass is 246 g/mol. The Morgan fingerprint density at radius 1 is 1.19 bits per heavy atom. The van der Waals surface area contributed by atoms with Crippen molar-refractivity contribution in [2.75, 3.05) is 0 Å². The summed E-state index contributed by atoms with van der Waals surface area (Å²) >= 11 is 1.05. The van der Waals surface area contributed by atoms with Gasteiger partial charge in [0.2, 0.25) is 0 Å². The molecule has 0 bridgehead atoms. The molecule has 0 radical (unpaired) electrons. The summed E-state index contributed by atoms with van der Waals surface area (Å²) in [6.07, 6.45) is -4.38. The van der Waals surface area contributed by atoms with Crippen LogP contribution in [0.25, 0.3) is 10.1 Å². The van der Waals surface area contributed by atoms with Crippen molar-refractivity contribution >= 4 is 34.0 Å². The molecule has 84 valence electrons. The van der Waals surface area contributed by atoms with Crippen molar-refractivity contribution in [2.45, 2.75) is 6.18 Å². The fourth-order valence-corrected chi connectivity index (χ4v) is 2.44. The number of hydrogen-bond acceptors (Lipinski definition) is 3. The van der Waals surface area contributed by atoms with Crippen LogP contribution in [0.4, 0.5) is 13.2 Å². The van der Waals surface area contributed by atoms with Gasteiger partial charge in [-0.25, -0.2) is 0 Å². The van der Waals surface area contributed by atoms with Gasteiger partial charge in [-0.15, -0.1) is 11.3 Å². The standard InChI is InChI=1S/C9H6BF3O2S/c11-9(12,13)5-1-2-6-7(10(14)15)4-16-8(6)3-5/h1-4,14-15H. The Labute approximate surface area is 93.1 Å². The zero-order valence-electron chi connectivity index (χ0n) is 7.82. The molecule has 1 heterocycles. The summed E-state index contributed by atoms with van der Waals surface area (Å²) in [6, 6.07) is 3.19. The first-order valence-electron chi connectivity index (χ1n) is 4.34. The highest BCUT2D eigenvalue weighted by Gasteiger charge is 2.31. The third kappa shape index (κ3) is 1.93. The second kappa shape index (κ2) is 3.76. The van der Waals surface area contributed by atoms with E-state index in [-0.39, 0.29) is 5.46 Å². The molecule has 7 heteroatoms. The number of rotatable bonds is 1. The minimum Gasteiger partial charge on any atom is -0.423 e. The number of halogens is 3. The van der Waals surface area contributed by atoms with Gasteiger partial charge in [-0.2, -0.15) is 13.2 Å². The second-order valence-corrected chi connectivity index (χ2v) is 4.18. The van der Waals surface area contributed by atoms with Crippen LogP contribution in [-0.2, 0) is 6.18 Å². The molecule has 2 N–H and O–H groups in total. The first-order chi connectivity index (χ1) is 7.39. The molecule has 2 aromatic rings. The molecule has 0 saturated carbocycles. The van der Waals surface area contributed by atoms with Crippen LogP contribution in [0.15, 0.2) is 23.6 Å². The lowest BCUT2D eigenvalue weighted by Crippen LogP contribution is -2.28. The van der Waals surface area contributed by atoms with Crippen LogP contribution in [-0.4, -0.2) is 17.2 Å². The molecule has 0 atom stereocenters. The number of alkyl halides is 3. The van der Waals surface area contributed by atoms with Crippen LogP contribution in [0.1, 0.15) is 5.56 Å². The van der Waals surface area contributed by atoms with Crippen molar-refractivity contribution < 1.29 is 23.2 Å². The third-order valence-electron chi connectivity index (χ3n) is 2.21. The number of fused-ring (bicyclic) bond motifs is 1. The molecule has 0 unspecified atom stereocenters. The second-order valence-electron chi connectivity index (χ2n) is 3.27. The predicted octanol–water partition coefficient (Wildman–Crippen LogP) is 1.60. The summed E-state index contributed by atoms with van der Waals surface area (Å²) < 4.78 is 37.5. The molecular formula is C9H6BF3O2S. The molecule has 1 aromatic heterocycles. The Hall–Kier alpha value is -1.05. The Bertz CT molecular complexity index is 521.